The van der Waals surface area contributed by atoms with Gasteiger partial charge in [-0.2, -0.15) is 4.98 Å². The first-order valence-electron chi connectivity index (χ1n) is 3.85. The summed E-state index contributed by atoms with van der Waals surface area (Å²) in [4.78, 5) is 7.76. The Bertz CT molecular complexity index is 270. The van der Waals surface area contributed by atoms with Crippen LogP contribution in [0.3, 0.4) is 0 Å². The quantitative estimate of drug-likeness (QED) is 0.743. The normalized spacial score (nSPS) is 12.5. The van der Waals surface area contributed by atoms with Gasteiger partial charge in [-0.05, 0) is 6.92 Å². The molecular formula is C8H11ClN2O2. The van der Waals surface area contributed by atoms with Crippen molar-refractivity contribution in [1.29, 1.82) is 0 Å². The third-order valence-electron chi connectivity index (χ3n) is 1.31. The second kappa shape index (κ2) is 4.99. The fourth-order valence-corrected chi connectivity index (χ4v) is 0.997. The van der Waals surface area contributed by atoms with E-state index in [1.165, 1.54) is 12.4 Å². The van der Waals surface area contributed by atoms with Crippen LogP contribution in [-0.4, -0.2) is 29.8 Å². The van der Waals surface area contributed by atoms with Crippen LogP contribution in [0.1, 0.15) is 6.92 Å². The van der Waals surface area contributed by atoms with Crippen molar-refractivity contribution in [1.82, 2.24) is 9.97 Å². The molecule has 1 atom stereocenters. The number of hydrogen-bond donors (Lipinski definition) is 0. The SMILES string of the molecule is COCC(C)Oc1cncc(Cl)n1. The van der Waals surface area contributed by atoms with Crippen LogP contribution in [0.25, 0.3) is 0 Å². The summed E-state index contributed by atoms with van der Waals surface area (Å²) in [6.07, 6.45) is 2.91. The molecule has 0 N–H and O–H groups in total. The van der Waals surface area contributed by atoms with E-state index in [0.29, 0.717) is 17.6 Å². The van der Waals surface area contributed by atoms with E-state index in [0.717, 1.165) is 0 Å². The Balaban J connectivity index is 2.53. The molecule has 0 saturated heterocycles. The predicted octanol–water partition coefficient (Wildman–Crippen LogP) is 1.54. The highest BCUT2D eigenvalue weighted by Crippen LogP contribution is 2.10. The van der Waals surface area contributed by atoms with E-state index in [4.69, 9.17) is 21.1 Å². The van der Waals surface area contributed by atoms with Crippen molar-refractivity contribution >= 4 is 11.6 Å². The molecule has 0 spiro atoms. The molecule has 13 heavy (non-hydrogen) atoms. The molecule has 0 bridgehead atoms. The van der Waals surface area contributed by atoms with E-state index in [9.17, 15) is 0 Å². The molecule has 0 radical (unpaired) electrons. The summed E-state index contributed by atoms with van der Waals surface area (Å²) in [5.41, 5.74) is 0. The summed E-state index contributed by atoms with van der Waals surface area (Å²) >= 11 is 5.62. The van der Waals surface area contributed by atoms with E-state index < -0.39 is 0 Å². The van der Waals surface area contributed by atoms with Gasteiger partial charge in [0.05, 0.1) is 19.0 Å². The Morgan fingerprint density at radius 1 is 1.54 bits per heavy atom. The van der Waals surface area contributed by atoms with Crippen molar-refractivity contribution in [3.8, 4) is 5.88 Å². The van der Waals surface area contributed by atoms with Crippen molar-refractivity contribution in [2.45, 2.75) is 13.0 Å². The molecule has 0 amide bonds. The van der Waals surface area contributed by atoms with Gasteiger partial charge < -0.3 is 9.47 Å². The van der Waals surface area contributed by atoms with Crippen molar-refractivity contribution in [3.05, 3.63) is 17.5 Å². The maximum absolute atomic E-state index is 5.62. The second-order valence-corrected chi connectivity index (χ2v) is 2.95. The van der Waals surface area contributed by atoms with E-state index in [-0.39, 0.29) is 6.10 Å². The van der Waals surface area contributed by atoms with E-state index in [2.05, 4.69) is 9.97 Å². The van der Waals surface area contributed by atoms with Gasteiger partial charge in [0.2, 0.25) is 5.88 Å². The lowest BCUT2D eigenvalue weighted by Crippen LogP contribution is -2.18. The zero-order valence-corrected chi connectivity index (χ0v) is 8.28. The number of halogens is 1. The van der Waals surface area contributed by atoms with Gasteiger partial charge in [0.1, 0.15) is 6.10 Å². The standard InChI is InChI=1S/C8H11ClN2O2/c1-6(5-12-2)13-8-4-10-3-7(9)11-8/h3-4,6H,5H2,1-2H3. The number of rotatable bonds is 4. The molecule has 0 aliphatic heterocycles. The van der Waals surface area contributed by atoms with Gasteiger partial charge in [0.25, 0.3) is 0 Å². The summed E-state index contributed by atoms with van der Waals surface area (Å²) < 4.78 is 10.3. The summed E-state index contributed by atoms with van der Waals surface area (Å²) in [5.74, 6) is 0.414. The Labute approximate surface area is 81.9 Å². The molecule has 0 saturated carbocycles. The molecule has 1 rings (SSSR count). The minimum absolute atomic E-state index is 0.0576. The lowest BCUT2D eigenvalue weighted by atomic mass is 10.4. The van der Waals surface area contributed by atoms with Crippen LogP contribution in [0.4, 0.5) is 0 Å². The van der Waals surface area contributed by atoms with Crippen molar-refractivity contribution in [3.63, 3.8) is 0 Å². The summed E-state index contributed by atoms with van der Waals surface area (Å²) in [5, 5.41) is 0.321. The molecule has 1 aromatic heterocycles. The second-order valence-electron chi connectivity index (χ2n) is 2.56. The van der Waals surface area contributed by atoms with Gasteiger partial charge in [0, 0.05) is 7.11 Å². The van der Waals surface area contributed by atoms with Crippen LogP contribution < -0.4 is 4.74 Å². The molecule has 0 aliphatic carbocycles. The van der Waals surface area contributed by atoms with Gasteiger partial charge >= 0.3 is 0 Å². The average Bonchev–Trinajstić information content (AvgIpc) is 2.04. The molecule has 1 heterocycles. The zero-order chi connectivity index (χ0) is 9.68. The van der Waals surface area contributed by atoms with Gasteiger partial charge in [-0.15, -0.1) is 0 Å². The predicted molar refractivity (Wildman–Crippen MR) is 49.0 cm³/mol. The maximum atomic E-state index is 5.62. The molecule has 1 aromatic rings. The molecule has 4 nitrogen and oxygen atoms in total. The molecule has 0 fully saturated rings. The first-order valence-corrected chi connectivity index (χ1v) is 4.23. The summed E-state index contributed by atoms with van der Waals surface area (Å²) in [6, 6.07) is 0. The molecule has 0 aliphatic rings. The Kier molecular flexibility index (Phi) is 3.92. The first-order chi connectivity index (χ1) is 6.22. The summed E-state index contributed by atoms with van der Waals surface area (Å²) in [6.45, 7) is 2.39. The van der Waals surface area contributed by atoms with Crippen LogP contribution in [-0.2, 0) is 4.74 Å². The Morgan fingerprint density at radius 3 is 2.92 bits per heavy atom. The lowest BCUT2D eigenvalue weighted by Gasteiger charge is -2.11. The van der Waals surface area contributed by atoms with Gasteiger partial charge in [0.15, 0.2) is 5.15 Å². The molecule has 72 valence electrons. The number of hydrogen-bond acceptors (Lipinski definition) is 4. The van der Waals surface area contributed by atoms with Crippen LogP contribution in [0, 0.1) is 0 Å². The van der Waals surface area contributed by atoms with Gasteiger partial charge in [-0.3, -0.25) is 4.98 Å². The maximum Gasteiger partial charge on any atom is 0.234 e. The third-order valence-corrected chi connectivity index (χ3v) is 1.49. The Hall–Kier alpha value is -0.870. The number of aromatic nitrogens is 2. The monoisotopic (exact) mass is 202 g/mol. The molecule has 5 heteroatoms. The van der Waals surface area contributed by atoms with E-state index in [1.54, 1.807) is 7.11 Å². The molecule has 1 unspecified atom stereocenters. The van der Waals surface area contributed by atoms with Crippen LogP contribution in [0.15, 0.2) is 12.4 Å². The average molecular weight is 203 g/mol. The Morgan fingerprint density at radius 2 is 2.31 bits per heavy atom. The molecular weight excluding hydrogens is 192 g/mol. The lowest BCUT2D eigenvalue weighted by molar-refractivity contribution is 0.0887. The number of methoxy groups -OCH3 is 1. The number of nitrogens with zero attached hydrogens (tertiary/aromatic N) is 2. The van der Waals surface area contributed by atoms with Crippen LogP contribution in [0.2, 0.25) is 5.15 Å². The smallest absolute Gasteiger partial charge is 0.234 e. The number of ether oxygens (including phenoxy) is 2. The molecule has 0 aromatic carbocycles. The minimum atomic E-state index is -0.0576. The van der Waals surface area contributed by atoms with Crippen molar-refractivity contribution in [2.75, 3.05) is 13.7 Å². The van der Waals surface area contributed by atoms with Crippen LogP contribution in [0.5, 0.6) is 5.88 Å². The largest absolute Gasteiger partial charge is 0.471 e. The van der Waals surface area contributed by atoms with Crippen molar-refractivity contribution in [2.24, 2.45) is 0 Å². The highest BCUT2D eigenvalue weighted by Gasteiger charge is 2.04. The highest BCUT2D eigenvalue weighted by molar-refractivity contribution is 6.29. The van der Waals surface area contributed by atoms with Crippen molar-refractivity contribution < 1.29 is 9.47 Å². The first kappa shape index (κ1) is 10.2. The van der Waals surface area contributed by atoms with Crippen LogP contribution >= 0.6 is 11.6 Å². The third kappa shape index (κ3) is 3.57. The van der Waals surface area contributed by atoms with E-state index in [1.807, 2.05) is 6.92 Å². The van der Waals surface area contributed by atoms with Gasteiger partial charge in [-0.25, -0.2) is 0 Å². The minimum Gasteiger partial charge on any atom is -0.471 e. The topological polar surface area (TPSA) is 44.2 Å². The zero-order valence-electron chi connectivity index (χ0n) is 7.53. The summed E-state index contributed by atoms with van der Waals surface area (Å²) in [7, 11) is 1.61. The fourth-order valence-electron chi connectivity index (χ4n) is 0.857. The highest BCUT2D eigenvalue weighted by atomic mass is 35.5. The van der Waals surface area contributed by atoms with E-state index >= 15 is 0 Å². The van der Waals surface area contributed by atoms with Gasteiger partial charge in [-0.1, -0.05) is 11.6 Å². The fraction of sp³-hybridized carbons (Fsp3) is 0.500.